The molecule has 0 atom stereocenters. The Kier molecular flexibility index (Phi) is 2.31. The highest BCUT2D eigenvalue weighted by atomic mass is 35.5. The van der Waals surface area contributed by atoms with Crippen molar-refractivity contribution in [2.45, 2.75) is 18.8 Å². The Morgan fingerprint density at radius 1 is 1.47 bits per heavy atom. The minimum atomic E-state index is -1.00. The topological polar surface area (TPSA) is 54.6 Å². The number of nitrogens with zero attached hydrogens (tertiary/aromatic N) is 2. The third kappa shape index (κ3) is 1.68. The molecule has 0 saturated heterocycles. The van der Waals surface area contributed by atoms with E-state index in [1.807, 2.05) is 0 Å². The van der Waals surface area contributed by atoms with Crippen molar-refractivity contribution >= 4 is 34.8 Å². The molecule has 3 rings (SSSR count). The number of pyridine rings is 1. The summed E-state index contributed by atoms with van der Waals surface area (Å²) < 4.78 is 1.46. The number of rotatable bonds is 2. The average Bonchev–Trinajstić information content (AvgIpc) is 2.99. The average molecular weight is 271 g/mol. The third-order valence-corrected chi connectivity index (χ3v) is 3.32. The van der Waals surface area contributed by atoms with Crippen LogP contribution >= 0.6 is 23.2 Å². The lowest BCUT2D eigenvalue weighted by Gasteiger charge is -2.00. The van der Waals surface area contributed by atoms with Gasteiger partial charge in [-0.3, -0.25) is 4.40 Å². The predicted octanol–water partition coefficient (Wildman–Crippen LogP) is 3.22. The molecule has 1 fully saturated rings. The van der Waals surface area contributed by atoms with Crippen LogP contribution in [0.4, 0.5) is 0 Å². The van der Waals surface area contributed by atoms with Crippen molar-refractivity contribution in [3.8, 4) is 0 Å². The first kappa shape index (κ1) is 10.9. The van der Waals surface area contributed by atoms with Crippen molar-refractivity contribution in [2.75, 3.05) is 0 Å². The number of aromatic nitrogens is 2. The van der Waals surface area contributed by atoms with Gasteiger partial charge in [0.25, 0.3) is 0 Å². The van der Waals surface area contributed by atoms with Crippen LogP contribution in [-0.4, -0.2) is 20.5 Å². The van der Waals surface area contributed by atoms with Gasteiger partial charge in [0.05, 0.1) is 15.7 Å². The number of fused-ring (bicyclic) bond motifs is 1. The SMILES string of the molecule is O=C(O)c1c(C2CC2)nc2c(Cl)cc(Cl)cn12. The highest BCUT2D eigenvalue weighted by molar-refractivity contribution is 6.36. The maximum atomic E-state index is 11.3. The monoisotopic (exact) mass is 270 g/mol. The summed E-state index contributed by atoms with van der Waals surface area (Å²) in [6, 6.07) is 1.56. The van der Waals surface area contributed by atoms with Crippen molar-refractivity contribution in [2.24, 2.45) is 0 Å². The van der Waals surface area contributed by atoms with E-state index in [-0.39, 0.29) is 11.6 Å². The van der Waals surface area contributed by atoms with Crippen molar-refractivity contribution in [1.82, 2.24) is 9.38 Å². The molecule has 0 unspecified atom stereocenters. The zero-order valence-corrected chi connectivity index (χ0v) is 10.2. The highest BCUT2D eigenvalue weighted by Gasteiger charge is 2.33. The van der Waals surface area contributed by atoms with Gasteiger partial charge in [-0.1, -0.05) is 23.2 Å². The minimum absolute atomic E-state index is 0.173. The van der Waals surface area contributed by atoms with E-state index in [1.165, 1.54) is 10.6 Å². The van der Waals surface area contributed by atoms with Gasteiger partial charge in [-0.25, -0.2) is 9.78 Å². The molecule has 0 aliphatic heterocycles. The molecule has 0 spiro atoms. The van der Waals surface area contributed by atoms with Crippen LogP contribution < -0.4 is 0 Å². The van der Waals surface area contributed by atoms with E-state index in [0.717, 1.165) is 12.8 Å². The Labute approximate surface area is 107 Å². The molecule has 0 aromatic carbocycles. The zero-order chi connectivity index (χ0) is 12.2. The van der Waals surface area contributed by atoms with Crippen LogP contribution in [0.1, 0.15) is 34.9 Å². The second kappa shape index (κ2) is 3.62. The normalized spacial score (nSPS) is 15.4. The standard InChI is InChI=1S/C11H8Cl2N2O2/c12-6-3-7(13)10-14-8(5-1-2-5)9(11(16)17)15(10)4-6/h3-5H,1-2H2,(H,16,17). The van der Waals surface area contributed by atoms with Crippen LogP contribution in [-0.2, 0) is 0 Å². The van der Waals surface area contributed by atoms with Crippen LogP contribution in [0, 0.1) is 0 Å². The van der Waals surface area contributed by atoms with Gasteiger partial charge >= 0.3 is 5.97 Å². The van der Waals surface area contributed by atoms with E-state index < -0.39 is 5.97 Å². The van der Waals surface area contributed by atoms with Gasteiger partial charge in [0.15, 0.2) is 11.3 Å². The van der Waals surface area contributed by atoms with Gasteiger partial charge < -0.3 is 5.11 Å². The Bertz CT molecular complexity index is 632. The molecule has 2 aromatic heterocycles. The molecule has 1 aliphatic rings. The molecule has 1 N–H and O–H groups in total. The van der Waals surface area contributed by atoms with Crippen molar-refractivity contribution in [1.29, 1.82) is 0 Å². The molecule has 2 aromatic rings. The third-order valence-electron chi connectivity index (χ3n) is 2.84. The lowest BCUT2D eigenvalue weighted by molar-refractivity contribution is 0.0688. The number of aromatic carboxylic acids is 1. The van der Waals surface area contributed by atoms with Crippen LogP contribution in [0.25, 0.3) is 5.65 Å². The molecule has 4 nitrogen and oxygen atoms in total. The van der Waals surface area contributed by atoms with Gasteiger partial charge in [0.2, 0.25) is 0 Å². The largest absolute Gasteiger partial charge is 0.477 e. The van der Waals surface area contributed by atoms with Gasteiger partial charge in [-0.05, 0) is 18.9 Å². The molecular formula is C11H8Cl2N2O2. The number of carboxylic acids is 1. The summed E-state index contributed by atoms with van der Waals surface area (Å²) in [7, 11) is 0. The Morgan fingerprint density at radius 3 is 2.76 bits per heavy atom. The Balaban J connectivity index is 2.38. The Morgan fingerprint density at radius 2 is 2.18 bits per heavy atom. The molecule has 6 heteroatoms. The Hall–Kier alpha value is -1.26. The van der Waals surface area contributed by atoms with Crippen LogP contribution in [0.5, 0.6) is 0 Å². The number of hydrogen-bond acceptors (Lipinski definition) is 2. The summed E-state index contributed by atoms with van der Waals surface area (Å²) in [5.74, 6) is -0.756. The molecular weight excluding hydrogens is 263 g/mol. The molecule has 0 amide bonds. The molecule has 0 radical (unpaired) electrons. The zero-order valence-electron chi connectivity index (χ0n) is 8.65. The molecule has 2 heterocycles. The van der Waals surface area contributed by atoms with E-state index in [0.29, 0.717) is 21.4 Å². The number of carbonyl (C=O) groups is 1. The van der Waals surface area contributed by atoms with Gasteiger partial charge in [0.1, 0.15) is 0 Å². The number of halogens is 2. The van der Waals surface area contributed by atoms with E-state index >= 15 is 0 Å². The van der Waals surface area contributed by atoms with Crippen molar-refractivity contribution in [3.63, 3.8) is 0 Å². The maximum absolute atomic E-state index is 11.3. The van der Waals surface area contributed by atoms with Crippen molar-refractivity contribution < 1.29 is 9.90 Å². The lowest BCUT2D eigenvalue weighted by Crippen LogP contribution is -2.04. The summed E-state index contributed by atoms with van der Waals surface area (Å²) in [5.41, 5.74) is 1.24. The summed E-state index contributed by atoms with van der Waals surface area (Å²) in [6.45, 7) is 0. The highest BCUT2D eigenvalue weighted by Crippen LogP contribution is 2.42. The fourth-order valence-electron chi connectivity index (χ4n) is 1.94. The number of carboxylic acid groups (broad SMARTS) is 1. The van der Waals surface area contributed by atoms with Crippen LogP contribution in [0.15, 0.2) is 12.3 Å². The molecule has 0 bridgehead atoms. The quantitative estimate of drug-likeness (QED) is 0.912. The van der Waals surface area contributed by atoms with E-state index in [2.05, 4.69) is 4.98 Å². The summed E-state index contributed by atoms with van der Waals surface area (Å²) >= 11 is 11.9. The van der Waals surface area contributed by atoms with Crippen LogP contribution in [0.3, 0.4) is 0 Å². The maximum Gasteiger partial charge on any atom is 0.354 e. The second-order valence-corrected chi connectivity index (χ2v) is 4.97. The fraction of sp³-hybridized carbons (Fsp3) is 0.273. The number of hydrogen-bond donors (Lipinski definition) is 1. The predicted molar refractivity (Wildman–Crippen MR) is 64.1 cm³/mol. The van der Waals surface area contributed by atoms with Gasteiger partial charge in [-0.2, -0.15) is 0 Å². The first-order valence-electron chi connectivity index (χ1n) is 5.18. The van der Waals surface area contributed by atoms with Crippen LogP contribution in [0.2, 0.25) is 10.0 Å². The van der Waals surface area contributed by atoms with E-state index in [9.17, 15) is 9.90 Å². The smallest absolute Gasteiger partial charge is 0.354 e. The minimum Gasteiger partial charge on any atom is -0.477 e. The summed E-state index contributed by atoms with van der Waals surface area (Å²) in [4.78, 5) is 15.6. The molecule has 88 valence electrons. The van der Waals surface area contributed by atoms with Crippen molar-refractivity contribution in [3.05, 3.63) is 33.7 Å². The van der Waals surface area contributed by atoms with E-state index in [4.69, 9.17) is 23.2 Å². The van der Waals surface area contributed by atoms with Gasteiger partial charge in [-0.15, -0.1) is 0 Å². The first-order valence-corrected chi connectivity index (χ1v) is 5.94. The second-order valence-electron chi connectivity index (χ2n) is 4.12. The number of imidazole rings is 1. The fourth-order valence-corrected chi connectivity index (χ4v) is 2.46. The lowest BCUT2D eigenvalue weighted by atomic mass is 10.2. The molecule has 17 heavy (non-hydrogen) atoms. The van der Waals surface area contributed by atoms with Gasteiger partial charge in [0, 0.05) is 12.1 Å². The first-order chi connectivity index (χ1) is 8.08. The van der Waals surface area contributed by atoms with E-state index in [1.54, 1.807) is 6.07 Å². The summed E-state index contributed by atoms with van der Waals surface area (Å²) in [6.07, 6.45) is 3.50. The summed E-state index contributed by atoms with van der Waals surface area (Å²) in [5, 5.41) is 10.0. The molecule has 1 saturated carbocycles. The molecule has 1 aliphatic carbocycles.